The molecular formula is C23H29N. The molecule has 0 radical (unpaired) electrons. The monoisotopic (exact) mass is 319 g/mol. The number of hydrogen-bond donors (Lipinski definition) is 0. The third-order valence-corrected chi connectivity index (χ3v) is 5.07. The van der Waals surface area contributed by atoms with Crippen molar-refractivity contribution in [3.05, 3.63) is 70.3 Å². The Bertz CT molecular complexity index is 673. The van der Waals surface area contributed by atoms with Crippen molar-refractivity contribution in [3.8, 4) is 0 Å². The van der Waals surface area contributed by atoms with E-state index in [0.29, 0.717) is 0 Å². The van der Waals surface area contributed by atoms with E-state index in [1.165, 1.54) is 73.1 Å². The molecule has 3 rings (SSSR count). The Morgan fingerprint density at radius 1 is 0.917 bits per heavy atom. The molecule has 2 aromatic rings. The second-order valence-corrected chi connectivity index (χ2v) is 7.04. The number of likely N-dealkylation sites (tertiary alicyclic amines) is 1. The highest BCUT2D eigenvalue weighted by molar-refractivity contribution is 5.72. The molecule has 0 spiro atoms. The minimum Gasteiger partial charge on any atom is -0.303 e. The molecule has 0 N–H and O–H groups in total. The van der Waals surface area contributed by atoms with Crippen LogP contribution in [0.25, 0.3) is 12.2 Å². The molecule has 0 aliphatic carbocycles. The molecule has 0 amide bonds. The Morgan fingerprint density at radius 3 is 2.38 bits per heavy atom. The van der Waals surface area contributed by atoms with E-state index in [4.69, 9.17) is 0 Å². The summed E-state index contributed by atoms with van der Waals surface area (Å²) in [7, 11) is 0. The van der Waals surface area contributed by atoms with Gasteiger partial charge in [0.1, 0.15) is 0 Å². The van der Waals surface area contributed by atoms with Crippen LogP contribution in [0.4, 0.5) is 0 Å². The molecule has 0 saturated carbocycles. The Balaban J connectivity index is 1.61. The minimum atomic E-state index is 1.18. The highest BCUT2D eigenvalue weighted by Gasteiger charge is 2.10. The molecule has 0 aromatic heterocycles. The first-order chi connectivity index (χ1) is 11.7. The van der Waals surface area contributed by atoms with Crippen LogP contribution in [-0.2, 0) is 6.42 Å². The van der Waals surface area contributed by atoms with Crippen LogP contribution in [0.5, 0.6) is 0 Å². The summed E-state index contributed by atoms with van der Waals surface area (Å²) in [6.45, 7) is 8.22. The van der Waals surface area contributed by atoms with Gasteiger partial charge in [0.05, 0.1) is 0 Å². The van der Waals surface area contributed by atoms with Crippen molar-refractivity contribution in [1.82, 2.24) is 4.90 Å². The maximum absolute atomic E-state index is 2.60. The lowest BCUT2D eigenvalue weighted by atomic mass is 10.0. The summed E-state index contributed by atoms with van der Waals surface area (Å²) in [5, 5.41) is 0. The fourth-order valence-corrected chi connectivity index (χ4v) is 3.64. The number of aryl methyl sites for hydroxylation is 3. The van der Waals surface area contributed by atoms with E-state index >= 15 is 0 Å². The minimum absolute atomic E-state index is 1.18. The highest BCUT2D eigenvalue weighted by atomic mass is 15.1. The summed E-state index contributed by atoms with van der Waals surface area (Å²) in [5.41, 5.74) is 6.78. The van der Waals surface area contributed by atoms with Gasteiger partial charge in [-0.2, -0.15) is 0 Å². The fraction of sp³-hybridized carbons (Fsp3) is 0.391. The SMILES string of the molecule is Cc1cccc(C)c1/C=C/c1cccc(CCCN2CCCC2)c1. The fourth-order valence-electron chi connectivity index (χ4n) is 3.64. The normalized spacial score (nSPS) is 15.4. The quantitative estimate of drug-likeness (QED) is 0.635. The van der Waals surface area contributed by atoms with Gasteiger partial charge in [-0.25, -0.2) is 0 Å². The zero-order valence-corrected chi connectivity index (χ0v) is 15.1. The Labute approximate surface area is 147 Å². The Hall–Kier alpha value is -1.86. The summed E-state index contributed by atoms with van der Waals surface area (Å²) >= 11 is 0. The molecule has 2 aromatic carbocycles. The highest BCUT2D eigenvalue weighted by Crippen LogP contribution is 2.18. The van der Waals surface area contributed by atoms with Crippen LogP contribution in [0.1, 0.15) is 47.1 Å². The molecule has 1 aliphatic rings. The van der Waals surface area contributed by atoms with E-state index in [-0.39, 0.29) is 0 Å². The first-order valence-corrected chi connectivity index (χ1v) is 9.28. The van der Waals surface area contributed by atoms with Crippen LogP contribution >= 0.6 is 0 Å². The second kappa shape index (κ2) is 8.30. The molecule has 126 valence electrons. The summed E-state index contributed by atoms with van der Waals surface area (Å²) < 4.78 is 0. The van der Waals surface area contributed by atoms with Gasteiger partial charge in [-0.1, -0.05) is 54.6 Å². The molecular weight excluding hydrogens is 290 g/mol. The maximum Gasteiger partial charge on any atom is -0.00156 e. The van der Waals surface area contributed by atoms with Crippen molar-refractivity contribution in [3.63, 3.8) is 0 Å². The number of rotatable bonds is 6. The van der Waals surface area contributed by atoms with E-state index in [0.717, 1.165) is 0 Å². The molecule has 1 fully saturated rings. The summed E-state index contributed by atoms with van der Waals surface area (Å²) in [5.74, 6) is 0. The Morgan fingerprint density at radius 2 is 1.62 bits per heavy atom. The van der Waals surface area contributed by atoms with Crippen LogP contribution < -0.4 is 0 Å². The van der Waals surface area contributed by atoms with Gasteiger partial charge in [-0.15, -0.1) is 0 Å². The lowest BCUT2D eigenvalue weighted by Crippen LogP contribution is -2.20. The topological polar surface area (TPSA) is 3.24 Å². The zero-order chi connectivity index (χ0) is 16.8. The van der Waals surface area contributed by atoms with Crippen LogP contribution in [-0.4, -0.2) is 24.5 Å². The van der Waals surface area contributed by atoms with Crippen molar-refractivity contribution in [1.29, 1.82) is 0 Å². The molecule has 24 heavy (non-hydrogen) atoms. The van der Waals surface area contributed by atoms with Gasteiger partial charge in [0.15, 0.2) is 0 Å². The van der Waals surface area contributed by atoms with Crippen molar-refractivity contribution in [2.75, 3.05) is 19.6 Å². The average molecular weight is 319 g/mol. The smallest absolute Gasteiger partial charge is 0.00156 e. The third kappa shape index (κ3) is 4.58. The Kier molecular flexibility index (Phi) is 5.87. The van der Waals surface area contributed by atoms with Crippen LogP contribution in [0, 0.1) is 13.8 Å². The van der Waals surface area contributed by atoms with Gasteiger partial charge in [-0.05, 0) is 87.0 Å². The maximum atomic E-state index is 2.60. The molecule has 1 nitrogen and oxygen atoms in total. The van der Waals surface area contributed by atoms with Crippen molar-refractivity contribution in [2.24, 2.45) is 0 Å². The standard InChI is InChI=1S/C23H29N/c1-19-8-5-9-20(2)23(19)14-13-22-11-6-10-21(18-22)12-7-17-24-15-3-4-16-24/h5-6,8-11,13-14,18H,3-4,7,12,15-17H2,1-2H3/b14-13+. The van der Waals surface area contributed by atoms with E-state index in [9.17, 15) is 0 Å². The molecule has 1 saturated heterocycles. The summed E-state index contributed by atoms with van der Waals surface area (Å²) in [6.07, 6.45) is 9.73. The van der Waals surface area contributed by atoms with E-state index in [1.807, 2.05) is 0 Å². The van der Waals surface area contributed by atoms with Gasteiger partial charge in [0.2, 0.25) is 0 Å². The van der Waals surface area contributed by atoms with Crippen molar-refractivity contribution < 1.29 is 0 Å². The molecule has 0 bridgehead atoms. The largest absolute Gasteiger partial charge is 0.303 e. The van der Waals surface area contributed by atoms with E-state index in [1.54, 1.807) is 0 Å². The summed E-state index contributed by atoms with van der Waals surface area (Å²) in [4.78, 5) is 2.60. The van der Waals surface area contributed by atoms with E-state index in [2.05, 4.69) is 73.4 Å². The van der Waals surface area contributed by atoms with Gasteiger partial charge >= 0.3 is 0 Å². The zero-order valence-electron chi connectivity index (χ0n) is 15.1. The molecule has 1 heterocycles. The molecule has 1 aliphatic heterocycles. The van der Waals surface area contributed by atoms with Crippen LogP contribution in [0.3, 0.4) is 0 Å². The van der Waals surface area contributed by atoms with Gasteiger partial charge in [0, 0.05) is 0 Å². The van der Waals surface area contributed by atoms with Crippen LogP contribution in [0.2, 0.25) is 0 Å². The lowest BCUT2D eigenvalue weighted by molar-refractivity contribution is 0.334. The first kappa shape index (κ1) is 17.0. The number of nitrogens with zero attached hydrogens (tertiary/aromatic N) is 1. The first-order valence-electron chi connectivity index (χ1n) is 9.28. The van der Waals surface area contributed by atoms with Gasteiger partial charge in [-0.3, -0.25) is 0 Å². The van der Waals surface area contributed by atoms with Crippen molar-refractivity contribution in [2.45, 2.75) is 39.5 Å². The molecule has 0 atom stereocenters. The van der Waals surface area contributed by atoms with Crippen LogP contribution in [0.15, 0.2) is 42.5 Å². The number of benzene rings is 2. The second-order valence-electron chi connectivity index (χ2n) is 7.04. The lowest BCUT2D eigenvalue weighted by Gasteiger charge is -2.14. The predicted molar refractivity (Wildman–Crippen MR) is 105 cm³/mol. The predicted octanol–water partition coefficient (Wildman–Crippen LogP) is 5.50. The van der Waals surface area contributed by atoms with Crippen molar-refractivity contribution >= 4 is 12.2 Å². The van der Waals surface area contributed by atoms with Gasteiger partial charge < -0.3 is 4.90 Å². The summed E-state index contributed by atoms with van der Waals surface area (Å²) in [6, 6.07) is 15.5. The van der Waals surface area contributed by atoms with Gasteiger partial charge in [0.25, 0.3) is 0 Å². The van der Waals surface area contributed by atoms with E-state index < -0.39 is 0 Å². The third-order valence-electron chi connectivity index (χ3n) is 5.07. The molecule has 1 heteroatoms. The number of hydrogen-bond acceptors (Lipinski definition) is 1. The molecule has 0 unspecified atom stereocenters. The average Bonchev–Trinajstić information content (AvgIpc) is 3.08.